The lowest BCUT2D eigenvalue weighted by Gasteiger charge is -2.33. The maximum absolute atomic E-state index is 12.3. The molecule has 2 aliphatic rings. The summed E-state index contributed by atoms with van der Waals surface area (Å²) in [4.78, 5) is 14.4. The molecule has 1 heterocycles. The molecule has 1 N–H and O–H groups in total. The summed E-state index contributed by atoms with van der Waals surface area (Å²) in [5.74, 6) is 1.75. The van der Waals surface area contributed by atoms with Crippen LogP contribution in [0.4, 0.5) is 0 Å². The van der Waals surface area contributed by atoms with Gasteiger partial charge in [0.25, 0.3) is 0 Å². The standard InChI is InChI=1S/C14H26N2O/c1-4-12-14(17)16(9-11-6-5-7-11)13(15-12)8-10(2)3/h10-13,15H,4-9H2,1-3H3. The molecule has 1 saturated carbocycles. The first-order valence-electron chi connectivity index (χ1n) is 7.18. The number of carbonyl (C=O) groups excluding carboxylic acids is 1. The van der Waals surface area contributed by atoms with Crippen LogP contribution in [0, 0.1) is 11.8 Å². The molecule has 1 amide bonds. The van der Waals surface area contributed by atoms with E-state index < -0.39 is 0 Å². The topological polar surface area (TPSA) is 32.3 Å². The molecule has 3 nitrogen and oxygen atoms in total. The van der Waals surface area contributed by atoms with E-state index in [9.17, 15) is 4.79 Å². The van der Waals surface area contributed by atoms with Crippen molar-refractivity contribution in [2.75, 3.05) is 6.54 Å². The van der Waals surface area contributed by atoms with Crippen LogP contribution < -0.4 is 5.32 Å². The van der Waals surface area contributed by atoms with E-state index in [2.05, 4.69) is 31.0 Å². The summed E-state index contributed by atoms with van der Waals surface area (Å²) in [7, 11) is 0. The third kappa shape index (κ3) is 2.82. The Morgan fingerprint density at radius 1 is 1.41 bits per heavy atom. The molecule has 0 radical (unpaired) electrons. The van der Waals surface area contributed by atoms with Crippen molar-refractivity contribution < 1.29 is 4.79 Å². The second kappa shape index (κ2) is 5.38. The van der Waals surface area contributed by atoms with E-state index >= 15 is 0 Å². The number of amides is 1. The van der Waals surface area contributed by atoms with Gasteiger partial charge in [0.05, 0.1) is 12.2 Å². The van der Waals surface area contributed by atoms with Crippen LogP contribution in [-0.2, 0) is 4.79 Å². The minimum Gasteiger partial charge on any atom is -0.326 e. The third-order valence-corrected chi connectivity index (χ3v) is 4.13. The van der Waals surface area contributed by atoms with Gasteiger partial charge in [-0.25, -0.2) is 0 Å². The molecule has 1 aliphatic carbocycles. The third-order valence-electron chi connectivity index (χ3n) is 4.13. The number of hydrogen-bond donors (Lipinski definition) is 1. The van der Waals surface area contributed by atoms with Crippen LogP contribution in [0.1, 0.15) is 52.9 Å². The van der Waals surface area contributed by atoms with E-state index in [1.165, 1.54) is 19.3 Å². The Bertz CT molecular complexity index is 273. The zero-order valence-electron chi connectivity index (χ0n) is 11.4. The minimum absolute atomic E-state index is 0.0684. The Morgan fingerprint density at radius 2 is 2.12 bits per heavy atom. The molecule has 0 aromatic rings. The van der Waals surface area contributed by atoms with Crippen molar-refractivity contribution >= 4 is 5.91 Å². The van der Waals surface area contributed by atoms with Gasteiger partial charge in [0.15, 0.2) is 0 Å². The maximum atomic E-state index is 12.3. The number of nitrogens with zero attached hydrogens (tertiary/aromatic N) is 1. The molecular formula is C14H26N2O. The zero-order chi connectivity index (χ0) is 12.4. The molecule has 3 heteroatoms. The van der Waals surface area contributed by atoms with E-state index in [1.54, 1.807) is 0 Å². The molecule has 17 heavy (non-hydrogen) atoms. The molecule has 2 fully saturated rings. The van der Waals surface area contributed by atoms with E-state index in [-0.39, 0.29) is 12.2 Å². The fraction of sp³-hybridized carbons (Fsp3) is 0.929. The second-order valence-electron chi connectivity index (χ2n) is 6.06. The smallest absolute Gasteiger partial charge is 0.241 e. The summed E-state index contributed by atoms with van der Waals surface area (Å²) < 4.78 is 0. The molecule has 98 valence electrons. The average molecular weight is 238 g/mol. The number of hydrogen-bond acceptors (Lipinski definition) is 2. The van der Waals surface area contributed by atoms with Crippen LogP contribution in [-0.4, -0.2) is 29.6 Å². The van der Waals surface area contributed by atoms with Gasteiger partial charge in [0, 0.05) is 6.54 Å². The van der Waals surface area contributed by atoms with Crippen LogP contribution in [0.2, 0.25) is 0 Å². The highest BCUT2D eigenvalue weighted by atomic mass is 16.2. The lowest BCUT2D eigenvalue weighted by Crippen LogP contribution is -2.42. The molecule has 0 spiro atoms. The molecule has 0 aromatic heterocycles. The fourth-order valence-electron chi connectivity index (χ4n) is 2.85. The summed E-state index contributed by atoms with van der Waals surface area (Å²) in [5, 5.41) is 3.50. The van der Waals surface area contributed by atoms with E-state index in [4.69, 9.17) is 0 Å². The van der Waals surface area contributed by atoms with Crippen LogP contribution in [0.3, 0.4) is 0 Å². The van der Waals surface area contributed by atoms with Gasteiger partial charge in [-0.15, -0.1) is 0 Å². The lowest BCUT2D eigenvalue weighted by molar-refractivity contribution is -0.131. The van der Waals surface area contributed by atoms with Gasteiger partial charge < -0.3 is 4.90 Å². The summed E-state index contributed by atoms with van der Waals surface area (Å²) in [6.45, 7) is 7.54. The quantitative estimate of drug-likeness (QED) is 0.797. The van der Waals surface area contributed by atoms with Gasteiger partial charge in [-0.05, 0) is 37.5 Å². The SMILES string of the molecule is CCC1NC(CC(C)C)N(CC2CCC2)C1=O. The van der Waals surface area contributed by atoms with E-state index in [0.29, 0.717) is 11.8 Å². The Labute approximate surface area is 105 Å². The molecule has 0 aromatic carbocycles. The first kappa shape index (κ1) is 12.9. The first-order valence-corrected chi connectivity index (χ1v) is 7.18. The number of carbonyl (C=O) groups is 1. The van der Waals surface area contributed by atoms with Gasteiger partial charge in [0.2, 0.25) is 5.91 Å². The maximum Gasteiger partial charge on any atom is 0.241 e. The number of nitrogens with one attached hydrogen (secondary N) is 1. The highest BCUT2D eigenvalue weighted by Crippen LogP contribution is 2.30. The normalized spacial score (nSPS) is 30.1. The predicted octanol–water partition coefficient (Wildman–Crippen LogP) is 2.37. The monoisotopic (exact) mass is 238 g/mol. The molecule has 0 bridgehead atoms. The summed E-state index contributed by atoms with van der Waals surface area (Å²) in [6, 6.07) is 0.0684. The van der Waals surface area contributed by atoms with Crippen molar-refractivity contribution in [3.63, 3.8) is 0 Å². The second-order valence-corrected chi connectivity index (χ2v) is 6.06. The van der Waals surface area contributed by atoms with Crippen LogP contribution >= 0.6 is 0 Å². The summed E-state index contributed by atoms with van der Waals surface area (Å²) >= 11 is 0. The molecule has 2 rings (SSSR count). The Kier molecular flexibility index (Phi) is 4.08. The summed E-state index contributed by atoms with van der Waals surface area (Å²) in [5.41, 5.74) is 0. The van der Waals surface area contributed by atoms with Gasteiger partial charge in [-0.2, -0.15) is 0 Å². The van der Waals surface area contributed by atoms with Gasteiger partial charge in [0.1, 0.15) is 0 Å². The van der Waals surface area contributed by atoms with E-state index in [1.807, 2.05) is 0 Å². The van der Waals surface area contributed by atoms with E-state index in [0.717, 1.165) is 25.3 Å². The first-order chi connectivity index (χ1) is 8.11. The Morgan fingerprint density at radius 3 is 2.59 bits per heavy atom. The lowest BCUT2D eigenvalue weighted by atomic mass is 9.85. The van der Waals surface area contributed by atoms with Gasteiger partial charge in [-0.3, -0.25) is 10.1 Å². The molecule has 2 atom stereocenters. The number of rotatable bonds is 5. The average Bonchev–Trinajstić information content (AvgIpc) is 2.49. The largest absolute Gasteiger partial charge is 0.326 e. The Hall–Kier alpha value is -0.570. The fourth-order valence-corrected chi connectivity index (χ4v) is 2.85. The summed E-state index contributed by atoms with van der Waals surface area (Å²) in [6.07, 6.45) is 6.26. The van der Waals surface area contributed by atoms with Crippen LogP contribution in [0.25, 0.3) is 0 Å². The minimum atomic E-state index is 0.0684. The highest BCUT2D eigenvalue weighted by molar-refractivity contribution is 5.84. The van der Waals surface area contributed by atoms with Gasteiger partial charge >= 0.3 is 0 Å². The highest BCUT2D eigenvalue weighted by Gasteiger charge is 2.39. The Balaban J connectivity index is 1.98. The van der Waals surface area contributed by atoms with Crippen molar-refractivity contribution in [3.8, 4) is 0 Å². The van der Waals surface area contributed by atoms with Crippen molar-refractivity contribution in [2.24, 2.45) is 11.8 Å². The van der Waals surface area contributed by atoms with Gasteiger partial charge in [-0.1, -0.05) is 27.2 Å². The molecular weight excluding hydrogens is 212 g/mol. The van der Waals surface area contributed by atoms with Crippen molar-refractivity contribution in [2.45, 2.75) is 65.1 Å². The molecule has 1 saturated heterocycles. The van der Waals surface area contributed by atoms with Crippen LogP contribution in [0.15, 0.2) is 0 Å². The zero-order valence-corrected chi connectivity index (χ0v) is 11.4. The molecule has 1 aliphatic heterocycles. The van der Waals surface area contributed by atoms with Crippen molar-refractivity contribution in [1.82, 2.24) is 10.2 Å². The van der Waals surface area contributed by atoms with Crippen molar-refractivity contribution in [1.29, 1.82) is 0 Å². The molecule has 2 unspecified atom stereocenters. The van der Waals surface area contributed by atoms with Crippen LogP contribution in [0.5, 0.6) is 0 Å². The predicted molar refractivity (Wildman–Crippen MR) is 69.5 cm³/mol. The van der Waals surface area contributed by atoms with Crippen molar-refractivity contribution in [3.05, 3.63) is 0 Å².